The lowest BCUT2D eigenvalue weighted by Gasteiger charge is -2.10. The molecule has 1 aliphatic rings. The molecule has 0 radical (unpaired) electrons. The fraction of sp³-hybridized carbons (Fsp3) is 0.125. The van der Waals surface area contributed by atoms with Gasteiger partial charge in [-0.1, -0.05) is 0 Å². The number of benzene rings is 2. The van der Waals surface area contributed by atoms with Gasteiger partial charge >= 0.3 is 0 Å². The largest absolute Gasteiger partial charge is 0.493 e. The molecule has 1 aromatic heterocycles. The fourth-order valence-corrected chi connectivity index (χ4v) is 3.68. The summed E-state index contributed by atoms with van der Waals surface area (Å²) in [5.74, 6) is 0.756. The highest BCUT2D eigenvalue weighted by molar-refractivity contribution is 7.92. The van der Waals surface area contributed by atoms with Gasteiger partial charge in [0.25, 0.3) is 10.0 Å². The van der Waals surface area contributed by atoms with Gasteiger partial charge < -0.3 is 4.74 Å². The van der Waals surface area contributed by atoms with Crippen LogP contribution < -0.4 is 9.46 Å². The van der Waals surface area contributed by atoms with Gasteiger partial charge in [0.15, 0.2) is 0 Å². The number of nitrogens with one attached hydrogen (secondary N) is 1. The summed E-state index contributed by atoms with van der Waals surface area (Å²) in [4.78, 5) is 4.11. The quantitative estimate of drug-likeness (QED) is 0.784. The Morgan fingerprint density at radius 1 is 1.12 bits per heavy atom. The fourth-order valence-electron chi connectivity index (χ4n) is 2.57. The van der Waals surface area contributed by atoms with Crippen LogP contribution in [-0.2, 0) is 16.4 Å². The third-order valence-corrected chi connectivity index (χ3v) is 5.15. The standard InChI is InChI=1S/C16H14N4O3S/c21-24(22,15-5-6-16-12(9-15)7-8-23-16)19-13-1-3-14(4-2-13)20-11-17-10-18-20/h1-6,9-11,19H,7-8H2. The Labute approximate surface area is 139 Å². The van der Waals surface area contributed by atoms with Crippen LogP contribution in [0, 0.1) is 0 Å². The second kappa shape index (κ2) is 5.64. The first-order valence-corrected chi connectivity index (χ1v) is 8.84. The van der Waals surface area contributed by atoms with Crippen LogP contribution in [0.25, 0.3) is 5.69 Å². The number of hydrogen-bond acceptors (Lipinski definition) is 5. The third-order valence-electron chi connectivity index (χ3n) is 3.77. The summed E-state index contributed by atoms with van der Waals surface area (Å²) in [6.07, 6.45) is 3.74. The normalized spacial score (nSPS) is 13.3. The van der Waals surface area contributed by atoms with Crippen molar-refractivity contribution in [3.63, 3.8) is 0 Å². The van der Waals surface area contributed by atoms with Crippen molar-refractivity contribution in [2.75, 3.05) is 11.3 Å². The van der Waals surface area contributed by atoms with Gasteiger partial charge in [0.2, 0.25) is 0 Å². The second-order valence-electron chi connectivity index (χ2n) is 5.36. The molecule has 7 nitrogen and oxygen atoms in total. The summed E-state index contributed by atoms with van der Waals surface area (Å²) in [6, 6.07) is 11.8. The Morgan fingerprint density at radius 2 is 1.96 bits per heavy atom. The van der Waals surface area contributed by atoms with Gasteiger partial charge in [-0.05, 0) is 48.0 Å². The monoisotopic (exact) mass is 342 g/mol. The molecule has 3 aromatic rings. The molecule has 4 rings (SSSR count). The topological polar surface area (TPSA) is 86.1 Å². The van der Waals surface area contributed by atoms with Crippen molar-refractivity contribution in [2.45, 2.75) is 11.3 Å². The van der Waals surface area contributed by atoms with Crippen molar-refractivity contribution in [3.05, 3.63) is 60.7 Å². The minimum absolute atomic E-state index is 0.229. The number of aromatic nitrogens is 3. The summed E-state index contributed by atoms with van der Waals surface area (Å²) in [5, 5.41) is 4.03. The van der Waals surface area contributed by atoms with E-state index in [1.165, 1.54) is 6.33 Å². The van der Waals surface area contributed by atoms with Crippen LogP contribution in [0.2, 0.25) is 0 Å². The highest BCUT2D eigenvalue weighted by Crippen LogP contribution is 2.28. The minimum atomic E-state index is -3.64. The van der Waals surface area contributed by atoms with Gasteiger partial charge in [-0.3, -0.25) is 4.72 Å². The Morgan fingerprint density at radius 3 is 2.71 bits per heavy atom. The first kappa shape index (κ1) is 14.7. The molecule has 0 amide bonds. The Hall–Kier alpha value is -2.87. The van der Waals surface area contributed by atoms with Gasteiger partial charge in [-0.15, -0.1) is 0 Å². The predicted molar refractivity (Wildman–Crippen MR) is 87.8 cm³/mol. The van der Waals surface area contributed by atoms with E-state index in [2.05, 4.69) is 14.8 Å². The van der Waals surface area contributed by atoms with Crippen LogP contribution in [0.4, 0.5) is 5.69 Å². The van der Waals surface area contributed by atoms with E-state index in [1.807, 2.05) is 0 Å². The first-order chi connectivity index (χ1) is 11.6. The molecule has 2 heterocycles. The number of anilines is 1. The molecule has 0 saturated carbocycles. The second-order valence-corrected chi connectivity index (χ2v) is 7.04. The molecule has 8 heteroatoms. The van der Waals surface area contributed by atoms with Crippen LogP contribution in [0.1, 0.15) is 5.56 Å². The van der Waals surface area contributed by atoms with Crippen molar-refractivity contribution in [2.24, 2.45) is 0 Å². The van der Waals surface area contributed by atoms with Crippen LogP contribution in [0.5, 0.6) is 5.75 Å². The molecule has 0 aliphatic carbocycles. The molecule has 0 bridgehead atoms. The lowest BCUT2D eigenvalue weighted by molar-refractivity contribution is 0.356. The smallest absolute Gasteiger partial charge is 0.261 e. The number of hydrogen-bond donors (Lipinski definition) is 1. The van der Waals surface area contributed by atoms with Crippen molar-refractivity contribution in [3.8, 4) is 11.4 Å². The Balaban J connectivity index is 1.57. The zero-order valence-electron chi connectivity index (χ0n) is 12.6. The summed E-state index contributed by atoms with van der Waals surface area (Å²) in [6.45, 7) is 0.593. The molecule has 0 fully saturated rings. The molecule has 1 N–H and O–H groups in total. The van der Waals surface area contributed by atoms with Crippen LogP contribution >= 0.6 is 0 Å². The zero-order chi connectivity index (χ0) is 16.6. The molecule has 1 aliphatic heterocycles. The molecule has 24 heavy (non-hydrogen) atoms. The van der Waals surface area contributed by atoms with Gasteiger partial charge in [-0.2, -0.15) is 5.10 Å². The lowest BCUT2D eigenvalue weighted by Crippen LogP contribution is -2.13. The number of nitrogens with zero attached hydrogens (tertiary/aromatic N) is 3. The van der Waals surface area contributed by atoms with E-state index in [9.17, 15) is 8.42 Å². The van der Waals surface area contributed by atoms with E-state index in [-0.39, 0.29) is 4.90 Å². The van der Waals surface area contributed by atoms with Gasteiger partial charge in [0.05, 0.1) is 17.2 Å². The number of fused-ring (bicyclic) bond motifs is 1. The number of ether oxygens (including phenoxy) is 1. The van der Waals surface area contributed by atoms with Crippen LogP contribution in [0.15, 0.2) is 60.0 Å². The molecule has 0 saturated heterocycles. The highest BCUT2D eigenvalue weighted by atomic mass is 32.2. The molecule has 2 aromatic carbocycles. The average molecular weight is 342 g/mol. The van der Waals surface area contributed by atoms with Crippen LogP contribution in [0.3, 0.4) is 0 Å². The zero-order valence-corrected chi connectivity index (χ0v) is 13.4. The number of sulfonamides is 1. The maximum atomic E-state index is 12.5. The van der Waals surface area contributed by atoms with E-state index in [4.69, 9.17) is 4.74 Å². The van der Waals surface area contributed by atoms with Crippen molar-refractivity contribution >= 4 is 15.7 Å². The number of rotatable bonds is 4. The first-order valence-electron chi connectivity index (χ1n) is 7.35. The molecular weight excluding hydrogens is 328 g/mol. The summed E-state index contributed by atoms with van der Waals surface area (Å²) in [5.41, 5.74) is 2.19. The minimum Gasteiger partial charge on any atom is -0.493 e. The highest BCUT2D eigenvalue weighted by Gasteiger charge is 2.19. The van der Waals surface area contributed by atoms with Crippen molar-refractivity contribution in [1.29, 1.82) is 0 Å². The van der Waals surface area contributed by atoms with Crippen molar-refractivity contribution in [1.82, 2.24) is 14.8 Å². The SMILES string of the molecule is O=S(=O)(Nc1ccc(-n2cncn2)cc1)c1ccc2c(c1)CCO2. The summed E-state index contributed by atoms with van der Waals surface area (Å²) in [7, 11) is -3.64. The predicted octanol–water partition coefficient (Wildman–Crippen LogP) is 2.00. The van der Waals surface area contributed by atoms with Gasteiger partial charge in [-0.25, -0.2) is 18.1 Å². The van der Waals surface area contributed by atoms with E-state index in [0.29, 0.717) is 12.3 Å². The summed E-state index contributed by atoms with van der Waals surface area (Å²) >= 11 is 0. The molecular formula is C16H14N4O3S. The maximum absolute atomic E-state index is 12.5. The van der Waals surface area contributed by atoms with Crippen molar-refractivity contribution < 1.29 is 13.2 Å². The van der Waals surface area contributed by atoms with Crippen LogP contribution in [-0.4, -0.2) is 29.8 Å². The molecule has 122 valence electrons. The van der Waals surface area contributed by atoms with E-state index >= 15 is 0 Å². The Kier molecular flexibility index (Phi) is 3.46. The molecule has 0 spiro atoms. The average Bonchev–Trinajstić information content (AvgIpc) is 3.26. The molecule has 0 atom stereocenters. The van der Waals surface area contributed by atoms with E-state index in [0.717, 1.165) is 23.4 Å². The maximum Gasteiger partial charge on any atom is 0.261 e. The van der Waals surface area contributed by atoms with E-state index in [1.54, 1.807) is 53.5 Å². The Bertz CT molecular complexity index is 967. The lowest BCUT2D eigenvalue weighted by atomic mass is 10.2. The summed E-state index contributed by atoms with van der Waals surface area (Å²) < 4.78 is 34.7. The third kappa shape index (κ3) is 2.71. The molecule has 0 unspecified atom stereocenters. The van der Waals surface area contributed by atoms with E-state index < -0.39 is 10.0 Å². The van der Waals surface area contributed by atoms with Gasteiger partial charge in [0, 0.05) is 12.1 Å². The van der Waals surface area contributed by atoms with Gasteiger partial charge in [0.1, 0.15) is 18.4 Å².